The summed E-state index contributed by atoms with van der Waals surface area (Å²) in [5.41, 5.74) is 0.963. The van der Waals surface area contributed by atoms with Gasteiger partial charge in [0, 0.05) is 18.4 Å². The first-order valence-electron chi connectivity index (χ1n) is 7.47. The summed E-state index contributed by atoms with van der Waals surface area (Å²) in [7, 11) is 0. The third-order valence-corrected chi connectivity index (χ3v) is 3.15. The van der Waals surface area contributed by atoms with Gasteiger partial charge in [-0.1, -0.05) is 6.08 Å². The second kappa shape index (κ2) is 8.92. The largest absolute Gasteiger partial charge is 0.462 e. The summed E-state index contributed by atoms with van der Waals surface area (Å²) in [5, 5.41) is 3.07. The lowest BCUT2D eigenvalue weighted by atomic mass is 10.2. The molecule has 6 heteroatoms. The number of esters is 2. The van der Waals surface area contributed by atoms with Gasteiger partial charge in [0.1, 0.15) is 6.17 Å². The molecule has 0 fully saturated rings. The Balaban J connectivity index is 2.88. The summed E-state index contributed by atoms with van der Waals surface area (Å²) in [6, 6.07) is 0. The van der Waals surface area contributed by atoms with Crippen LogP contribution < -0.4 is 5.32 Å². The summed E-state index contributed by atoms with van der Waals surface area (Å²) in [6.45, 7) is 8.60. The van der Waals surface area contributed by atoms with Crippen molar-refractivity contribution in [3.63, 3.8) is 0 Å². The van der Waals surface area contributed by atoms with Crippen LogP contribution in [0.15, 0.2) is 35.7 Å². The lowest BCUT2D eigenvalue weighted by Crippen LogP contribution is -2.42. The molecule has 1 heterocycles. The van der Waals surface area contributed by atoms with Gasteiger partial charge in [-0.15, -0.1) is 0 Å². The van der Waals surface area contributed by atoms with Gasteiger partial charge in [0.15, 0.2) is 5.57 Å². The molecule has 0 radical (unpaired) electrons. The van der Waals surface area contributed by atoms with Gasteiger partial charge < -0.3 is 19.7 Å². The molecule has 0 saturated carbocycles. The quantitative estimate of drug-likeness (QED) is 0.334. The van der Waals surface area contributed by atoms with Crippen LogP contribution in [0.4, 0.5) is 0 Å². The molecule has 1 rings (SSSR count). The van der Waals surface area contributed by atoms with Crippen LogP contribution in [0.25, 0.3) is 0 Å². The van der Waals surface area contributed by atoms with Crippen molar-refractivity contribution in [3.8, 4) is 0 Å². The number of carbonyl (C=O) groups is 2. The number of hydrogen-bond donors (Lipinski definition) is 1. The highest BCUT2D eigenvalue weighted by atomic mass is 16.6. The number of rotatable bonds is 7. The smallest absolute Gasteiger partial charge is 0.347 e. The second-order valence-corrected chi connectivity index (χ2v) is 4.59. The molecular weight excluding hydrogens is 284 g/mol. The van der Waals surface area contributed by atoms with E-state index in [2.05, 4.69) is 10.2 Å². The fourth-order valence-corrected chi connectivity index (χ4v) is 2.10. The van der Waals surface area contributed by atoms with Crippen LogP contribution in [0.2, 0.25) is 0 Å². The fraction of sp³-hybridized carbons (Fsp3) is 0.500. The molecule has 0 aromatic rings. The molecule has 1 atom stereocenters. The van der Waals surface area contributed by atoms with E-state index in [9.17, 15) is 9.59 Å². The number of carbonyl (C=O) groups excluding carboxylic acids is 2. The maximum absolute atomic E-state index is 11.9. The minimum atomic E-state index is -0.691. The predicted molar refractivity (Wildman–Crippen MR) is 83.5 cm³/mol. The van der Waals surface area contributed by atoms with Gasteiger partial charge in [-0.05, 0) is 39.8 Å². The van der Waals surface area contributed by atoms with Crippen LogP contribution in [0.5, 0.6) is 0 Å². The third kappa shape index (κ3) is 4.65. The van der Waals surface area contributed by atoms with Crippen LogP contribution in [0.1, 0.15) is 27.7 Å². The molecule has 0 saturated heterocycles. The zero-order valence-electron chi connectivity index (χ0n) is 13.6. The van der Waals surface area contributed by atoms with E-state index in [0.717, 1.165) is 12.2 Å². The zero-order valence-corrected chi connectivity index (χ0v) is 13.6. The van der Waals surface area contributed by atoms with Gasteiger partial charge in [0.25, 0.3) is 0 Å². The molecule has 0 aromatic carbocycles. The van der Waals surface area contributed by atoms with Gasteiger partial charge >= 0.3 is 11.9 Å². The molecule has 0 bridgehead atoms. The molecule has 122 valence electrons. The Morgan fingerprint density at radius 1 is 1.23 bits per heavy atom. The Bertz CT molecular complexity index is 474. The van der Waals surface area contributed by atoms with E-state index in [1.54, 1.807) is 13.8 Å². The minimum Gasteiger partial charge on any atom is -0.462 e. The maximum Gasteiger partial charge on any atom is 0.347 e. The molecule has 0 spiro atoms. The lowest BCUT2D eigenvalue weighted by molar-refractivity contribution is -0.146. The van der Waals surface area contributed by atoms with Gasteiger partial charge in [0.2, 0.25) is 0 Å². The number of hydrogen-bond acceptors (Lipinski definition) is 6. The van der Waals surface area contributed by atoms with E-state index in [4.69, 9.17) is 9.47 Å². The molecule has 1 N–H and O–H groups in total. The molecule has 0 aromatic heterocycles. The number of nitrogens with one attached hydrogen (secondary N) is 1. The molecule has 6 nitrogen and oxygen atoms in total. The van der Waals surface area contributed by atoms with Crippen LogP contribution in [0, 0.1) is 0 Å². The average Bonchev–Trinajstić information content (AvgIpc) is 2.48. The lowest BCUT2D eigenvalue weighted by Gasteiger charge is -2.33. The highest BCUT2D eigenvalue weighted by Crippen LogP contribution is 2.14. The number of likely N-dealkylation sites (N-methyl/N-ethyl adjacent to an activating group) is 1. The van der Waals surface area contributed by atoms with Crippen molar-refractivity contribution in [2.45, 2.75) is 33.9 Å². The van der Waals surface area contributed by atoms with E-state index < -0.39 is 11.9 Å². The summed E-state index contributed by atoms with van der Waals surface area (Å²) in [6.07, 6.45) is 7.12. The Morgan fingerprint density at radius 3 is 2.32 bits per heavy atom. The summed E-state index contributed by atoms with van der Waals surface area (Å²) < 4.78 is 9.79. The van der Waals surface area contributed by atoms with Crippen LogP contribution in [0.3, 0.4) is 0 Å². The molecule has 0 aliphatic carbocycles. The van der Waals surface area contributed by atoms with E-state index in [1.165, 1.54) is 6.20 Å². The number of allylic oxidation sites excluding steroid dienone is 3. The minimum absolute atomic E-state index is 0.131. The van der Waals surface area contributed by atoms with Crippen molar-refractivity contribution in [2.75, 3.05) is 19.8 Å². The first kappa shape index (κ1) is 17.8. The maximum atomic E-state index is 11.9. The zero-order chi connectivity index (χ0) is 16.5. The van der Waals surface area contributed by atoms with Crippen molar-refractivity contribution >= 4 is 11.9 Å². The second-order valence-electron chi connectivity index (χ2n) is 4.59. The van der Waals surface area contributed by atoms with Gasteiger partial charge in [0.05, 0.1) is 13.2 Å². The summed E-state index contributed by atoms with van der Waals surface area (Å²) >= 11 is 0. The van der Waals surface area contributed by atoms with E-state index >= 15 is 0 Å². The molecule has 1 aliphatic heterocycles. The Morgan fingerprint density at radius 2 is 1.82 bits per heavy atom. The van der Waals surface area contributed by atoms with Crippen molar-refractivity contribution in [3.05, 3.63) is 35.7 Å². The van der Waals surface area contributed by atoms with Crippen molar-refractivity contribution in [1.29, 1.82) is 0 Å². The molecule has 1 aliphatic rings. The Labute approximate surface area is 131 Å². The topological polar surface area (TPSA) is 67.9 Å². The monoisotopic (exact) mass is 308 g/mol. The van der Waals surface area contributed by atoms with Gasteiger partial charge in [-0.3, -0.25) is 0 Å². The highest BCUT2D eigenvalue weighted by Gasteiger charge is 2.22. The van der Waals surface area contributed by atoms with Crippen molar-refractivity contribution in [2.24, 2.45) is 0 Å². The van der Waals surface area contributed by atoms with Crippen LogP contribution in [-0.4, -0.2) is 42.8 Å². The molecule has 22 heavy (non-hydrogen) atoms. The number of nitrogens with zero attached hydrogens (tertiary/aromatic N) is 1. The Hall–Kier alpha value is -2.24. The van der Waals surface area contributed by atoms with Gasteiger partial charge in [-0.2, -0.15) is 0 Å². The Kier molecular flexibility index (Phi) is 7.22. The van der Waals surface area contributed by atoms with Crippen molar-refractivity contribution < 1.29 is 19.1 Å². The first-order chi connectivity index (χ1) is 10.5. The van der Waals surface area contributed by atoms with Crippen LogP contribution in [-0.2, 0) is 19.1 Å². The highest BCUT2D eigenvalue weighted by molar-refractivity contribution is 6.13. The molecule has 0 amide bonds. The fourth-order valence-electron chi connectivity index (χ4n) is 2.10. The third-order valence-electron chi connectivity index (χ3n) is 3.15. The first-order valence-corrected chi connectivity index (χ1v) is 7.47. The molecule has 1 unspecified atom stereocenters. The van der Waals surface area contributed by atoms with E-state index in [1.807, 2.05) is 32.1 Å². The molecular formula is C16H24N2O4. The summed E-state index contributed by atoms with van der Waals surface area (Å²) in [4.78, 5) is 25.8. The predicted octanol–water partition coefficient (Wildman–Crippen LogP) is 1.71. The van der Waals surface area contributed by atoms with Gasteiger partial charge in [-0.25, -0.2) is 9.59 Å². The average molecular weight is 308 g/mol. The van der Waals surface area contributed by atoms with Crippen molar-refractivity contribution in [1.82, 2.24) is 10.2 Å². The summed E-state index contributed by atoms with van der Waals surface area (Å²) in [5.74, 6) is -1.38. The van der Waals surface area contributed by atoms with E-state index in [0.29, 0.717) is 0 Å². The van der Waals surface area contributed by atoms with Crippen LogP contribution >= 0.6 is 0 Å². The van der Waals surface area contributed by atoms with E-state index in [-0.39, 0.29) is 25.0 Å². The standard InChI is InChI=1S/C16H24N2O4/c1-5-18-12(4)9-8-10-14(18)17-11-13(15(19)21-6-2)16(20)22-7-3/h8-11,14,17H,5-7H2,1-4H3. The SMILES string of the molecule is CCOC(=O)C(=CNC1C=CC=C(C)N1CC)C(=O)OCC. The normalized spacial score (nSPS) is 16.6. The number of ether oxygens (including phenoxy) is 2.